The van der Waals surface area contributed by atoms with Gasteiger partial charge in [0.15, 0.2) is 5.76 Å². The van der Waals surface area contributed by atoms with E-state index in [1.54, 1.807) is 13.0 Å². The summed E-state index contributed by atoms with van der Waals surface area (Å²) in [6.45, 7) is 5.66. The molecule has 1 aromatic carbocycles. The first-order valence-electron chi connectivity index (χ1n) is 11.6. The highest BCUT2D eigenvalue weighted by Gasteiger charge is 2.35. The molecule has 0 spiro atoms. The number of rotatable bonds is 7. The summed E-state index contributed by atoms with van der Waals surface area (Å²) in [5, 5.41) is 8.72. The number of aryl methyl sites for hydroxylation is 1. The molecule has 0 saturated carbocycles. The number of benzene rings is 1. The molecule has 2 aromatic rings. The maximum Gasteiger partial charge on any atom is 0.338 e. The van der Waals surface area contributed by atoms with Crippen LogP contribution in [0.2, 0.25) is 0 Å². The number of likely N-dealkylation sites (tertiary alicyclic amines) is 1. The van der Waals surface area contributed by atoms with Gasteiger partial charge in [-0.15, -0.1) is 0 Å². The van der Waals surface area contributed by atoms with E-state index in [0.717, 1.165) is 24.0 Å². The molecular weight excluding hydrogens is 436 g/mol. The Balaban J connectivity index is 1.46. The van der Waals surface area contributed by atoms with Crippen molar-refractivity contribution in [3.8, 4) is 0 Å². The molecule has 9 nitrogen and oxygen atoms in total. The number of hydrogen-bond acceptors (Lipinski definition) is 6. The van der Waals surface area contributed by atoms with E-state index in [1.807, 2.05) is 37.3 Å². The maximum atomic E-state index is 12.9. The SMILES string of the molecule is CCOC(=O)C1=C(CN2CCC(NC(=O)c3occc3C)CC2)NC(=O)NC1c1ccccc1. The molecule has 3 heterocycles. The Labute approximate surface area is 198 Å². The lowest BCUT2D eigenvalue weighted by Crippen LogP contribution is -2.50. The molecule has 1 unspecified atom stereocenters. The van der Waals surface area contributed by atoms with Gasteiger partial charge in [0.2, 0.25) is 0 Å². The molecule has 0 radical (unpaired) electrons. The Bertz CT molecular complexity index is 1070. The average Bonchev–Trinajstić information content (AvgIpc) is 3.26. The standard InChI is InChI=1S/C25H30N4O5/c1-3-33-24(31)20-19(27-25(32)28-21(20)17-7-5-4-6-8-17)15-29-12-9-18(10-13-29)26-23(30)22-16(2)11-14-34-22/h4-8,11,14,18,21H,3,9-10,12-13,15H2,1-2H3,(H,26,30)(H2,27,28,32). The zero-order valence-corrected chi connectivity index (χ0v) is 19.4. The Morgan fingerprint density at radius 2 is 1.91 bits per heavy atom. The summed E-state index contributed by atoms with van der Waals surface area (Å²) in [4.78, 5) is 40.0. The molecule has 1 aromatic heterocycles. The molecule has 180 valence electrons. The Hall–Kier alpha value is -3.59. The fourth-order valence-corrected chi connectivity index (χ4v) is 4.40. The first-order chi connectivity index (χ1) is 16.5. The zero-order chi connectivity index (χ0) is 24.1. The molecule has 2 aliphatic heterocycles. The van der Waals surface area contributed by atoms with E-state index in [0.29, 0.717) is 36.7 Å². The molecule has 1 saturated heterocycles. The van der Waals surface area contributed by atoms with Crippen LogP contribution < -0.4 is 16.0 Å². The van der Waals surface area contributed by atoms with Gasteiger partial charge < -0.3 is 25.1 Å². The number of esters is 1. The van der Waals surface area contributed by atoms with Gasteiger partial charge in [0.25, 0.3) is 5.91 Å². The van der Waals surface area contributed by atoms with Gasteiger partial charge in [0.05, 0.1) is 24.5 Å². The zero-order valence-electron chi connectivity index (χ0n) is 19.4. The smallest absolute Gasteiger partial charge is 0.338 e. The molecule has 34 heavy (non-hydrogen) atoms. The highest BCUT2D eigenvalue weighted by molar-refractivity contribution is 5.95. The third kappa shape index (κ3) is 5.31. The predicted octanol–water partition coefficient (Wildman–Crippen LogP) is 2.65. The van der Waals surface area contributed by atoms with Gasteiger partial charge in [-0.1, -0.05) is 30.3 Å². The highest BCUT2D eigenvalue weighted by Crippen LogP contribution is 2.28. The van der Waals surface area contributed by atoms with Crippen molar-refractivity contribution in [1.82, 2.24) is 20.9 Å². The molecule has 2 aliphatic rings. The second kappa shape index (κ2) is 10.6. The van der Waals surface area contributed by atoms with Crippen molar-refractivity contribution in [2.45, 2.75) is 38.8 Å². The number of ether oxygens (including phenoxy) is 1. The first-order valence-corrected chi connectivity index (χ1v) is 11.6. The Kier molecular flexibility index (Phi) is 7.32. The van der Waals surface area contributed by atoms with Gasteiger partial charge in [0, 0.05) is 36.9 Å². The normalized spacial score (nSPS) is 19.4. The van der Waals surface area contributed by atoms with E-state index in [-0.39, 0.29) is 24.6 Å². The topological polar surface area (TPSA) is 113 Å². The lowest BCUT2D eigenvalue weighted by Gasteiger charge is -2.35. The van der Waals surface area contributed by atoms with Gasteiger partial charge in [-0.2, -0.15) is 0 Å². The fourth-order valence-electron chi connectivity index (χ4n) is 4.40. The minimum absolute atomic E-state index is 0.0337. The Morgan fingerprint density at radius 1 is 1.18 bits per heavy atom. The van der Waals surface area contributed by atoms with E-state index in [9.17, 15) is 14.4 Å². The van der Waals surface area contributed by atoms with Crippen molar-refractivity contribution in [2.24, 2.45) is 0 Å². The minimum atomic E-state index is -0.586. The van der Waals surface area contributed by atoms with Gasteiger partial charge in [-0.3, -0.25) is 9.69 Å². The van der Waals surface area contributed by atoms with Crippen molar-refractivity contribution in [2.75, 3.05) is 26.2 Å². The number of hydrogen-bond donors (Lipinski definition) is 3. The second-order valence-electron chi connectivity index (χ2n) is 8.51. The van der Waals surface area contributed by atoms with Gasteiger partial charge >= 0.3 is 12.0 Å². The first kappa shape index (κ1) is 23.6. The van der Waals surface area contributed by atoms with Crippen LogP contribution in [-0.2, 0) is 9.53 Å². The largest absolute Gasteiger partial charge is 0.463 e. The molecule has 0 aliphatic carbocycles. The van der Waals surface area contributed by atoms with E-state index in [4.69, 9.17) is 9.15 Å². The molecule has 9 heteroatoms. The van der Waals surface area contributed by atoms with Crippen LogP contribution in [0.3, 0.4) is 0 Å². The van der Waals surface area contributed by atoms with E-state index in [2.05, 4.69) is 20.9 Å². The predicted molar refractivity (Wildman–Crippen MR) is 125 cm³/mol. The van der Waals surface area contributed by atoms with Crippen molar-refractivity contribution < 1.29 is 23.5 Å². The van der Waals surface area contributed by atoms with Crippen LogP contribution >= 0.6 is 0 Å². The number of furan rings is 1. The van der Waals surface area contributed by atoms with Gasteiger partial charge in [0.1, 0.15) is 0 Å². The van der Waals surface area contributed by atoms with E-state index >= 15 is 0 Å². The van der Waals surface area contributed by atoms with Gasteiger partial charge in [-0.05, 0) is 38.3 Å². The lowest BCUT2D eigenvalue weighted by atomic mass is 9.94. The van der Waals surface area contributed by atoms with Crippen molar-refractivity contribution in [1.29, 1.82) is 0 Å². The maximum absolute atomic E-state index is 12.9. The van der Waals surface area contributed by atoms with E-state index < -0.39 is 12.0 Å². The highest BCUT2D eigenvalue weighted by atomic mass is 16.5. The Morgan fingerprint density at radius 3 is 2.56 bits per heavy atom. The monoisotopic (exact) mass is 466 g/mol. The number of carbonyl (C=O) groups excluding carboxylic acids is 3. The summed E-state index contributed by atoms with van der Waals surface area (Å²) in [7, 11) is 0. The van der Waals surface area contributed by atoms with Crippen molar-refractivity contribution in [3.05, 3.63) is 70.8 Å². The molecule has 1 fully saturated rings. The quantitative estimate of drug-likeness (QED) is 0.541. The third-order valence-electron chi connectivity index (χ3n) is 6.15. The van der Waals surface area contributed by atoms with Crippen LogP contribution in [0.15, 0.2) is 58.3 Å². The second-order valence-corrected chi connectivity index (χ2v) is 8.51. The molecule has 0 bridgehead atoms. The van der Waals surface area contributed by atoms with Crippen LogP contribution in [0, 0.1) is 6.92 Å². The number of urea groups is 1. The number of piperidine rings is 1. The molecule has 4 rings (SSSR count). The summed E-state index contributed by atoms with van der Waals surface area (Å²) in [5.74, 6) is -0.310. The average molecular weight is 467 g/mol. The van der Waals surface area contributed by atoms with Crippen LogP contribution in [0.4, 0.5) is 4.79 Å². The number of nitrogens with one attached hydrogen (secondary N) is 3. The summed E-state index contributed by atoms with van der Waals surface area (Å²) in [5.41, 5.74) is 2.58. The van der Waals surface area contributed by atoms with Crippen LogP contribution in [0.1, 0.15) is 47.5 Å². The molecule has 3 N–H and O–H groups in total. The summed E-state index contributed by atoms with van der Waals surface area (Å²) >= 11 is 0. The number of amides is 3. The number of nitrogens with zero attached hydrogens (tertiary/aromatic N) is 1. The van der Waals surface area contributed by atoms with E-state index in [1.165, 1.54) is 6.26 Å². The third-order valence-corrected chi connectivity index (χ3v) is 6.15. The lowest BCUT2D eigenvalue weighted by molar-refractivity contribution is -0.139. The van der Waals surface area contributed by atoms with Crippen molar-refractivity contribution in [3.63, 3.8) is 0 Å². The van der Waals surface area contributed by atoms with Gasteiger partial charge in [-0.25, -0.2) is 9.59 Å². The minimum Gasteiger partial charge on any atom is -0.463 e. The summed E-state index contributed by atoms with van der Waals surface area (Å²) < 4.78 is 10.6. The van der Waals surface area contributed by atoms with Crippen LogP contribution in [-0.4, -0.2) is 55.1 Å². The van der Waals surface area contributed by atoms with Crippen molar-refractivity contribution >= 4 is 17.9 Å². The molecule has 1 atom stereocenters. The fraction of sp³-hybridized carbons (Fsp3) is 0.400. The molecular formula is C25H30N4O5. The molecule has 3 amide bonds. The summed E-state index contributed by atoms with van der Waals surface area (Å²) in [6, 6.07) is 10.2. The van der Waals surface area contributed by atoms with Crippen LogP contribution in [0.5, 0.6) is 0 Å². The summed E-state index contributed by atoms with van der Waals surface area (Å²) in [6.07, 6.45) is 3.02. The number of carbonyl (C=O) groups is 3. The van der Waals surface area contributed by atoms with Crippen LogP contribution in [0.25, 0.3) is 0 Å².